The second kappa shape index (κ2) is 10.4. The Balaban J connectivity index is 1.24. The van der Waals surface area contributed by atoms with Crippen molar-refractivity contribution in [1.82, 2.24) is 19.6 Å². The second-order valence-corrected chi connectivity index (χ2v) is 10.2. The van der Waals surface area contributed by atoms with E-state index in [9.17, 15) is 19.5 Å². The Morgan fingerprint density at radius 2 is 1.79 bits per heavy atom. The van der Waals surface area contributed by atoms with Gasteiger partial charge in [-0.1, -0.05) is 36.4 Å². The van der Waals surface area contributed by atoms with Crippen LogP contribution in [0.15, 0.2) is 54.7 Å². The number of anilines is 1. The molecule has 0 saturated carbocycles. The van der Waals surface area contributed by atoms with E-state index < -0.39 is 6.10 Å². The number of benzene rings is 2. The number of aromatic nitrogens is 2. The lowest BCUT2D eigenvalue weighted by Gasteiger charge is -2.35. The van der Waals surface area contributed by atoms with Crippen molar-refractivity contribution in [2.45, 2.75) is 32.4 Å². The number of amides is 3. The number of aryl methyl sites for hydroxylation is 2. The summed E-state index contributed by atoms with van der Waals surface area (Å²) in [5.41, 5.74) is 4.01. The Hall–Kier alpha value is -3.98. The smallest absolute Gasteiger partial charge is 0.263 e. The Labute approximate surface area is 222 Å². The molecule has 3 amide bonds. The number of fused-ring (bicyclic) bond motifs is 1. The molecule has 1 saturated heterocycles. The van der Waals surface area contributed by atoms with Crippen LogP contribution in [-0.2, 0) is 18.4 Å². The maximum absolute atomic E-state index is 13.4. The Morgan fingerprint density at radius 1 is 1.08 bits per heavy atom. The van der Waals surface area contributed by atoms with Gasteiger partial charge in [0.2, 0.25) is 5.91 Å². The van der Waals surface area contributed by atoms with E-state index in [4.69, 9.17) is 0 Å². The summed E-state index contributed by atoms with van der Waals surface area (Å²) in [7, 11) is 3.54. The van der Waals surface area contributed by atoms with Gasteiger partial charge in [0.05, 0.1) is 41.7 Å². The predicted molar refractivity (Wildman–Crippen MR) is 143 cm³/mol. The molecule has 38 heavy (non-hydrogen) atoms. The molecule has 1 atom stereocenters. The summed E-state index contributed by atoms with van der Waals surface area (Å²) in [6.07, 6.45) is 2.36. The molecule has 198 valence electrons. The third kappa shape index (κ3) is 4.81. The van der Waals surface area contributed by atoms with Gasteiger partial charge in [-0.3, -0.25) is 24.0 Å². The van der Waals surface area contributed by atoms with Crippen molar-refractivity contribution in [2.24, 2.45) is 13.0 Å². The van der Waals surface area contributed by atoms with E-state index in [0.717, 1.165) is 22.5 Å². The van der Waals surface area contributed by atoms with E-state index in [1.807, 2.05) is 62.6 Å². The van der Waals surface area contributed by atoms with Crippen LogP contribution in [0.2, 0.25) is 0 Å². The van der Waals surface area contributed by atoms with Gasteiger partial charge in [0.15, 0.2) is 0 Å². The highest BCUT2D eigenvalue weighted by Crippen LogP contribution is 2.35. The van der Waals surface area contributed by atoms with Crippen LogP contribution in [0.4, 0.5) is 5.69 Å². The molecule has 0 spiro atoms. The van der Waals surface area contributed by atoms with Crippen molar-refractivity contribution in [2.75, 3.05) is 31.6 Å². The van der Waals surface area contributed by atoms with E-state index in [-0.39, 0.29) is 36.7 Å². The first-order valence-electron chi connectivity index (χ1n) is 13.0. The number of hydrogen-bond acceptors (Lipinski definition) is 6. The van der Waals surface area contributed by atoms with Crippen molar-refractivity contribution in [1.29, 1.82) is 0 Å². The molecule has 0 unspecified atom stereocenters. The van der Waals surface area contributed by atoms with Crippen LogP contribution >= 0.6 is 0 Å². The molecule has 1 fully saturated rings. The van der Waals surface area contributed by atoms with Gasteiger partial charge >= 0.3 is 0 Å². The largest absolute Gasteiger partial charge is 0.387 e. The molecular weight excluding hydrogens is 482 g/mol. The van der Waals surface area contributed by atoms with Crippen molar-refractivity contribution >= 4 is 23.4 Å². The quantitative estimate of drug-likeness (QED) is 0.486. The highest BCUT2D eigenvalue weighted by molar-refractivity contribution is 6.23. The predicted octanol–water partition coefficient (Wildman–Crippen LogP) is 2.93. The number of likely N-dealkylation sites (N-methyl/N-ethyl adjacent to an activating group) is 1. The number of rotatable bonds is 7. The van der Waals surface area contributed by atoms with E-state index >= 15 is 0 Å². The molecule has 1 N–H and O–H groups in total. The second-order valence-electron chi connectivity index (χ2n) is 10.2. The first kappa shape index (κ1) is 25.7. The summed E-state index contributed by atoms with van der Waals surface area (Å²) in [5.74, 6) is -0.726. The number of imide groups is 1. The van der Waals surface area contributed by atoms with Crippen molar-refractivity contribution in [3.05, 3.63) is 82.7 Å². The van der Waals surface area contributed by atoms with Crippen LogP contribution in [-0.4, -0.2) is 69.1 Å². The SMILES string of the molecule is Cc1nn(C)cc1CN1C(=O)c2cccc(N3CCC(C(=O)N(C)C[C@H](O)c4ccccc4)CC3)c2C1=O. The molecule has 2 aromatic carbocycles. The maximum Gasteiger partial charge on any atom is 0.263 e. The molecule has 5 rings (SSSR count). The topological polar surface area (TPSA) is 99.0 Å². The highest BCUT2D eigenvalue weighted by Gasteiger charge is 2.39. The van der Waals surface area contributed by atoms with Gasteiger partial charge in [0, 0.05) is 44.9 Å². The Morgan fingerprint density at radius 3 is 2.45 bits per heavy atom. The number of carbonyl (C=O) groups excluding carboxylic acids is 3. The summed E-state index contributed by atoms with van der Waals surface area (Å²) < 4.78 is 1.68. The molecule has 2 aliphatic rings. The summed E-state index contributed by atoms with van der Waals surface area (Å²) in [6, 6.07) is 14.7. The van der Waals surface area contributed by atoms with Gasteiger partial charge in [0.25, 0.3) is 11.8 Å². The lowest BCUT2D eigenvalue weighted by atomic mass is 9.94. The number of aliphatic hydroxyl groups is 1. The van der Waals surface area contributed by atoms with E-state index in [1.54, 1.807) is 22.7 Å². The van der Waals surface area contributed by atoms with Gasteiger partial charge in [0.1, 0.15) is 0 Å². The van der Waals surface area contributed by atoms with Crippen molar-refractivity contribution in [3.63, 3.8) is 0 Å². The third-order valence-corrected chi connectivity index (χ3v) is 7.61. The molecule has 9 heteroatoms. The standard InChI is InChI=1S/C29H33N5O4/c1-19-22(16-32(3)30-19)17-34-28(37)23-10-7-11-24(26(23)29(34)38)33-14-12-21(13-15-33)27(36)31(2)18-25(35)20-8-5-4-6-9-20/h4-11,16,21,25,35H,12-15,17-18H2,1-3H3/t25-/m0/s1. The zero-order valence-electron chi connectivity index (χ0n) is 22.0. The van der Waals surface area contributed by atoms with Gasteiger partial charge in [-0.2, -0.15) is 5.10 Å². The zero-order chi connectivity index (χ0) is 27.0. The summed E-state index contributed by atoms with van der Waals surface area (Å²) >= 11 is 0. The molecule has 1 aromatic heterocycles. The zero-order valence-corrected chi connectivity index (χ0v) is 22.0. The van der Waals surface area contributed by atoms with Crippen molar-refractivity contribution < 1.29 is 19.5 Å². The monoisotopic (exact) mass is 515 g/mol. The summed E-state index contributed by atoms with van der Waals surface area (Å²) in [4.78, 5) is 44.7. The lowest BCUT2D eigenvalue weighted by Crippen LogP contribution is -2.42. The van der Waals surface area contributed by atoms with Crippen LogP contribution in [0.3, 0.4) is 0 Å². The van der Waals surface area contributed by atoms with Gasteiger partial charge in [-0.25, -0.2) is 0 Å². The molecule has 9 nitrogen and oxygen atoms in total. The van der Waals surface area contributed by atoms with Gasteiger partial charge in [-0.05, 0) is 37.5 Å². The number of aliphatic hydroxyl groups excluding tert-OH is 1. The fourth-order valence-electron chi connectivity index (χ4n) is 5.51. The van der Waals surface area contributed by atoms with E-state index in [0.29, 0.717) is 37.1 Å². The fourth-order valence-corrected chi connectivity index (χ4v) is 5.51. The van der Waals surface area contributed by atoms with Crippen LogP contribution in [0, 0.1) is 12.8 Å². The minimum atomic E-state index is -0.737. The fraction of sp³-hybridized carbons (Fsp3) is 0.379. The maximum atomic E-state index is 13.4. The minimum Gasteiger partial charge on any atom is -0.387 e. The van der Waals surface area contributed by atoms with Crippen LogP contribution in [0.25, 0.3) is 0 Å². The number of hydrogen-bond donors (Lipinski definition) is 1. The molecule has 0 aliphatic carbocycles. The average Bonchev–Trinajstić information content (AvgIpc) is 3.38. The normalized spacial score (nSPS) is 16.6. The first-order valence-corrected chi connectivity index (χ1v) is 13.0. The molecule has 2 aliphatic heterocycles. The molecular formula is C29H33N5O4. The number of piperidine rings is 1. The summed E-state index contributed by atoms with van der Waals surface area (Å²) in [5, 5.41) is 14.8. The summed E-state index contributed by atoms with van der Waals surface area (Å²) in [6.45, 7) is 3.49. The molecule has 3 aromatic rings. The molecule has 0 radical (unpaired) electrons. The first-order chi connectivity index (χ1) is 18.2. The van der Waals surface area contributed by atoms with E-state index in [1.165, 1.54) is 4.90 Å². The third-order valence-electron chi connectivity index (χ3n) is 7.61. The Kier molecular flexibility index (Phi) is 7.03. The van der Waals surface area contributed by atoms with Crippen molar-refractivity contribution in [3.8, 4) is 0 Å². The van der Waals surface area contributed by atoms with Crippen LogP contribution in [0.1, 0.15) is 56.5 Å². The van der Waals surface area contributed by atoms with Gasteiger partial charge in [-0.15, -0.1) is 0 Å². The average molecular weight is 516 g/mol. The van der Waals surface area contributed by atoms with Crippen LogP contribution in [0.5, 0.6) is 0 Å². The minimum absolute atomic E-state index is 0.0159. The number of carbonyl (C=O) groups is 3. The molecule has 3 heterocycles. The number of nitrogens with zero attached hydrogens (tertiary/aromatic N) is 5. The highest BCUT2D eigenvalue weighted by atomic mass is 16.3. The van der Waals surface area contributed by atoms with E-state index in [2.05, 4.69) is 10.00 Å². The Bertz CT molecular complexity index is 1360. The van der Waals surface area contributed by atoms with Gasteiger partial charge < -0.3 is 14.9 Å². The lowest BCUT2D eigenvalue weighted by molar-refractivity contribution is -0.136. The molecule has 0 bridgehead atoms. The van der Waals surface area contributed by atoms with Crippen LogP contribution < -0.4 is 4.90 Å².